The molecule has 0 atom stereocenters. The third-order valence-corrected chi connectivity index (χ3v) is 5.81. The fourth-order valence-electron chi connectivity index (χ4n) is 3.69. The molecule has 2 heterocycles. The summed E-state index contributed by atoms with van der Waals surface area (Å²) >= 11 is 3.55. The molecular weight excluding hydrogens is 476 g/mol. The van der Waals surface area contributed by atoms with Gasteiger partial charge in [-0.3, -0.25) is 4.79 Å². The SMILES string of the molecule is CCCCn1c(C)c(C(=O)OCC)c2cc(OCC(=O)Nn3nc(C)cc3C)c(Br)cc21. The van der Waals surface area contributed by atoms with E-state index in [0.717, 1.165) is 47.4 Å². The monoisotopic (exact) mass is 504 g/mol. The maximum Gasteiger partial charge on any atom is 0.340 e. The van der Waals surface area contributed by atoms with E-state index in [1.165, 1.54) is 4.79 Å². The Balaban J connectivity index is 1.89. The normalized spacial score (nSPS) is 11.1. The first-order valence-corrected chi connectivity index (χ1v) is 11.5. The Morgan fingerprint density at radius 1 is 1.16 bits per heavy atom. The van der Waals surface area contributed by atoms with Gasteiger partial charge in [-0.2, -0.15) is 9.89 Å². The van der Waals surface area contributed by atoms with Crippen LogP contribution in [0.1, 0.15) is 54.1 Å². The number of hydrogen-bond donors (Lipinski definition) is 1. The summed E-state index contributed by atoms with van der Waals surface area (Å²) in [6.45, 7) is 10.5. The Kier molecular flexibility index (Phi) is 7.60. The topological polar surface area (TPSA) is 87.4 Å². The number of ether oxygens (including phenoxy) is 2. The molecule has 0 aliphatic carbocycles. The minimum Gasteiger partial charge on any atom is -0.482 e. The number of hydrogen-bond acceptors (Lipinski definition) is 5. The van der Waals surface area contributed by atoms with Crippen molar-refractivity contribution in [3.05, 3.63) is 45.3 Å². The van der Waals surface area contributed by atoms with E-state index in [2.05, 4.69) is 37.9 Å². The highest BCUT2D eigenvalue weighted by molar-refractivity contribution is 9.10. The molecule has 0 aliphatic rings. The smallest absolute Gasteiger partial charge is 0.340 e. The molecule has 0 saturated carbocycles. The van der Waals surface area contributed by atoms with Gasteiger partial charge in [0.05, 0.1) is 33.5 Å². The van der Waals surface area contributed by atoms with E-state index in [9.17, 15) is 9.59 Å². The quantitative estimate of drug-likeness (QED) is 0.428. The lowest BCUT2D eigenvalue weighted by atomic mass is 10.1. The Bertz CT molecular complexity index is 1150. The second-order valence-electron chi connectivity index (χ2n) is 7.65. The van der Waals surface area contributed by atoms with Gasteiger partial charge in [-0.15, -0.1) is 0 Å². The number of esters is 1. The lowest BCUT2D eigenvalue weighted by Crippen LogP contribution is -2.29. The van der Waals surface area contributed by atoms with E-state index in [-0.39, 0.29) is 18.5 Å². The number of aromatic nitrogens is 3. The van der Waals surface area contributed by atoms with Crippen LogP contribution in [0.2, 0.25) is 0 Å². The predicted molar refractivity (Wildman–Crippen MR) is 127 cm³/mol. The lowest BCUT2D eigenvalue weighted by molar-refractivity contribution is -0.119. The Labute approximate surface area is 196 Å². The van der Waals surface area contributed by atoms with Gasteiger partial charge in [0.15, 0.2) is 6.61 Å². The average molecular weight is 505 g/mol. The largest absolute Gasteiger partial charge is 0.482 e. The fourth-order valence-corrected chi connectivity index (χ4v) is 4.13. The van der Waals surface area contributed by atoms with Gasteiger partial charge < -0.3 is 14.0 Å². The minimum atomic E-state index is -0.360. The summed E-state index contributed by atoms with van der Waals surface area (Å²) in [6.07, 6.45) is 2.04. The van der Waals surface area contributed by atoms with Crippen molar-refractivity contribution >= 4 is 38.7 Å². The van der Waals surface area contributed by atoms with Crippen molar-refractivity contribution in [3.8, 4) is 5.75 Å². The molecule has 8 nitrogen and oxygen atoms in total. The predicted octanol–water partition coefficient (Wildman–Crippen LogP) is 4.65. The van der Waals surface area contributed by atoms with Gasteiger partial charge in [-0.25, -0.2) is 10.2 Å². The first kappa shape index (κ1) is 23.8. The Morgan fingerprint density at radius 3 is 2.53 bits per heavy atom. The highest BCUT2D eigenvalue weighted by atomic mass is 79.9. The van der Waals surface area contributed by atoms with Crippen molar-refractivity contribution in [1.29, 1.82) is 0 Å². The molecule has 172 valence electrons. The number of unbranched alkanes of at least 4 members (excludes halogenated alkanes) is 1. The lowest BCUT2D eigenvalue weighted by Gasteiger charge is -2.11. The summed E-state index contributed by atoms with van der Waals surface area (Å²) in [6, 6.07) is 5.58. The number of rotatable bonds is 9. The maximum absolute atomic E-state index is 12.7. The van der Waals surface area contributed by atoms with Gasteiger partial charge in [0.25, 0.3) is 5.91 Å². The Morgan fingerprint density at radius 2 is 1.91 bits per heavy atom. The molecule has 1 aromatic carbocycles. The van der Waals surface area contributed by atoms with E-state index in [1.54, 1.807) is 13.0 Å². The van der Waals surface area contributed by atoms with Crippen LogP contribution in [0.5, 0.6) is 5.75 Å². The van der Waals surface area contributed by atoms with Crippen molar-refractivity contribution in [1.82, 2.24) is 14.5 Å². The standard InChI is InChI=1S/C23H29BrN4O4/c1-6-8-9-27-16(5)22(23(30)31-7-2)17-11-20(18(24)12-19(17)27)32-13-21(29)26-28-15(4)10-14(3)25-28/h10-12H,6-9,13H2,1-5H3,(H,26,29). The zero-order chi connectivity index (χ0) is 23.4. The van der Waals surface area contributed by atoms with Crippen LogP contribution in [-0.2, 0) is 16.1 Å². The van der Waals surface area contributed by atoms with E-state index in [4.69, 9.17) is 9.47 Å². The molecule has 1 amide bonds. The zero-order valence-electron chi connectivity index (χ0n) is 19.1. The summed E-state index contributed by atoms with van der Waals surface area (Å²) in [5.41, 5.74) is 6.63. The van der Waals surface area contributed by atoms with Crippen LogP contribution in [0, 0.1) is 20.8 Å². The molecule has 0 fully saturated rings. The van der Waals surface area contributed by atoms with E-state index in [0.29, 0.717) is 22.4 Å². The van der Waals surface area contributed by atoms with Crippen molar-refractivity contribution < 1.29 is 19.1 Å². The molecule has 0 radical (unpaired) electrons. The highest BCUT2D eigenvalue weighted by Crippen LogP contribution is 2.35. The molecule has 2 aromatic heterocycles. The van der Waals surface area contributed by atoms with Crippen LogP contribution >= 0.6 is 15.9 Å². The van der Waals surface area contributed by atoms with Gasteiger partial charge in [-0.05, 0) is 68.2 Å². The minimum absolute atomic E-state index is 0.202. The van der Waals surface area contributed by atoms with E-state index < -0.39 is 0 Å². The second-order valence-corrected chi connectivity index (χ2v) is 8.50. The molecule has 0 saturated heterocycles. The van der Waals surface area contributed by atoms with Crippen LogP contribution in [0.25, 0.3) is 10.9 Å². The molecule has 0 bridgehead atoms. The van der Waals surface area contributed by atoms with Crippen LogP contribution < -0.4 is 10.2 Å². The molecule has 0 spiro atoms. The van der Waals surface area contributed by atoms with Crippen LogP contribution in [0.3, 0.4) is 0 Å². The maximum atomic E-state index is 12.7. The number of nitrogens with zero attached hydrogens (tertiary/aromatic N) is 3. The van der Waals surface area contributed by atoms with Crippen molar-refractivity contribution in [3.63, 3.8) is 0 Å². The van der Waals surface area contributed by atoms with Gasteiger partial charge in [0.1, 0.15) is 5.75 Å². The van der Waals surface area contributed by atoms with Gasteiger partial charge in [-0.1, -0.05) is 13.3 Å². The zero-order valence-corrected chi connectivity index (χ0v) is 20.7. The van der Waals surface area contributed by atoms with Crippen molar-refractivity contribution in [2.24, 2.45) is 0 Å². The summed E-state index contributed by atoms with van der Waals surface area (Å²) in [7, 11) is 0. The second kappa shape index (κ2) is 10.2. The third-order valence-electron chi connectivity index (χ3n) is 5.19. The van der Waals surface area contributed by atoms with Gasteiger partial charge in [0.2, 0.25) is 0 Å². The molecule has 3 aromatic rings. The fraction of sp³-hybridized carbons (Fsp3) is 0.435. The summed E-state index contributed by atoms with van der Waals surface area (Å²) < 4.78 is 13.9. The number of amides is 1. The van der Waals surface area contributed by atoms with E-state index >= 15 is 0 Å². The van der Waals surface area contributed by atoms with Crippen LogP contribution in [0.4, 0.5) is 0 Å². The first-order chi connectivity index (χ1) is 15.3. The molecular formula is C23H29BrN4O4. The molecule has 32 heavy (non-hydrogen) atoms. The van der Waals surface area contributed by atoms with Gasteiger partial charge in [0, 0.05) is 17.6 Å². The van der Waals surface area contributed by atoms with Crippen LogP contribution in [0.15, 0.2) is 22.7 Å². The van der Waals surface area contributed by atoms with Crippen molar-refractivity contribution in [2.45, 2.75) is 54.0 Å². The van der Waals surface area contributed by atoms with Crippen molar-refractivity contribution in [2.75, 3.05) is 18.6 Å². The number of nitrogens with one attached hydrogen (secondary N) is 1. The average Bonchev–Trinajstić information content (AvgIpc) is 3.19. The number of aryl methyl sites for hydroxylation is 3. The molecule has 0 aliphatic heterocycles. The number of carbonyl (C=O) groups excluding carboxylic acids is 2. The molecule has 9 heteroatoms. The summed E-state index contributed by atoms with van der Waals surface area (Å²) in [5.74, 6) is -0.231. The number of carbonyl (C=O) groups is 2. The third kappa shape index (κ3) is 4.98. The molecule has 3 rings (SSSR count). The molecule has 1 N–H and O–H groups in total. The van der Waals surface area contributed by atoms with E-state index in [1.807, 2.05) is 32.9 Å². The van der Waals surface area contributed by atoms with Crippen LogP contribution in [-0.4, -0.2) is 39.5 Å². The first-order valence-electron chi connectivity index (χ1n) is 10.7. The number of benzene rings is 1. The summed E-state index contributed by atoms with van der Waals surface area (Å²) in [5, 5.41) is 4.96. The van der Waals surface area contributed by atoms with Gasteiger partial charge >= 0.3 is 5.97 Å². The summed E-state index contributed by atoms with van der Waals surface area (Å²) in [4.78, 5) is 26.5. The highest BCUT2D eigenvalue weighted by Gasteiger charge is 2.23. The Hall–Kier alpha value is -2.81. The number of fused-ring (bicyclic) bond motifs is 1. The molecule has 0 unspecified atom stereocenters. The number of halogens is 1.